The predicted molar refractivity (Wildman–Crippen MR) is 155 cm³/mol. The van der Waals surface area contributed by atoms with Crippen LogP contribution in [0.3, 0.4) is 0 Å². The molecule has 0 aromatic heterocycles. The van der Waals surface area contributed by atoms with Gasteiger partial charge in [-0.2, -0.15) is 0 Å². The topological polar surface area (TPSA) is 74.3 Å². The molecule has 0 radical (unpaired) electrons. The van der Waals surface area contributed by atoms with Crippen LogP contribution in [0.5, 0.6) is 17.2 Å². The van der Waals surface area contributed by atoms with Gasteiger partial charge in [0, 0.05) is 47.0 Å². The van der Waals surface area contributed by atoms with Gasteiger partial charge in [-0.3, -0.25) is 9.59 Å². The Hall–Kier alpha value is -4.26. The Bertz CT molecular complexity index is 1530. The number of carbonyl (C=O) groups is 2. The Balaban J connectivity index is 1.54. The second-order valence-electron chi connectivity index (χ2n) is 11.2. The number of rotatable bonds is 7. The summed E-state index contributed by atoms with van der Waals surface area (Å²) in [5.41, 5.74) is 2.76. The quantitative estimate of drug-likeness (QED) is 0.295. The molecule has 1 saturated carbocycles. The van der Waals surface area contributed by atoms with Crippen LogP contribution < -0.4 is 14.2 Å². The molecule has 3 aliphatic carbocycles. The van der Waals surface area contributed by atoms with Gasteiger partial charge in [0.1, 0.15) is 17.2 Å². The number of likely N-dealkylation sites (tertiary alicyclic amines) is 1. The van der Waals surface area contributed by atoms with Crippen LogP contribution in [0.1, 0.15) is 41.0 Å². The lowest BCUT2D eigenvalue weighted by molar-refractivity contribution is -0.161. The highest BCUT2D eigenvalue weighted by Crippen LogP contribution is 2.70. The molecule has 212 valence electrons. The molecular weight excluding hydrogens is 518 g/mol. The molecule has 4 aliphatic rings. The first-order valence-corrected chi connectivity index (χ1v) is 13.9. The summed E-state index contributed by atoms with van der Waals surface area (Å²) in [7, 11) is 6.34. The second kappa shape index (κ2) is 9.98. The van der Waals surface area contributed by atoms with E-state index < -0.39 is 10.8 Å². The summed E-state index contributed by atoms with van der Waals surface area (Å²) in [6.07, 6.45) is 1.60. The first kappa shape index (κ1) is 26.9. The van der Waals surface area contributed by atoms with E-state index in [9.17, 15) is 9.59 Å². The SMILES string of the molecule is C=C(C(=O)N1CC2C3(c4ccc(OC)cc4)CCC(c4c(OC)cccc43)C2(C(=O)OC)C1)c1ccccc1OC. The zero-order chi connectivity index (χ0) is 28.9. The number of amides is 1. The molecule has 1 amide bonds. The summed E-state index contributed by atoms with van der Waals surface area (Å²) in [4.78, 5) is 30.0. The maximum atomic E-state index is 14.1. The normalized spacial score (nSPS) is 25.6. The molecule has 3 aromatic carbocycles. The molecule has 7 nitrogen and oxygen atoms in total. The summed E-state index contributed by atoms with van der Waals surface area (Å²) in [5, 5.41) is 0. The van der Waals surface area contributed by atoms with Gasteiger partial charge in [0.15, 0.2) is 0 Å². The van der Waals surface area contributed by atoms with Gasteiger partial charge in [-0.1, -0.05) is 49.0 Å². The largest absolute Gasteiger partial charge is 0.497 e. The van der Waals surface area contributed by atoms with E-state index in [0.717, 1.165) is 41.0 Å². The van der Waals surface area contributed by atoms with Crippen molar-refractivity contribution in [3.63, 3.8) is 0 Å². The molecular formula is C34H35NO6. The van der Waals surface area contributed by atoms with Gasteiger partial charge in [0.05, 0.1) is 33.9 Å². The lowest BCUT2D eigenvalue weighted by Gasteiger charge is -2.59. The van der Waals surface area contributed by atoms with Crippen LogP contribution in [0.25, 0.3) is 5.57 Å². The van der Waals surface area contributed by atoms with Gasteiger partial charge in [0.2, 0.25) is 0 Å². The molecule has 41 heavy (non-hydrogen) atoms. The number of carbonyl (C=O) groups excluding carboxylic acids is 2. The van der Waals surface area contributed by atoms with Crippen molar-refractivity contribution < 1.29 is 28.5 Å². The molecule has 0 spiro atoms. The number of esters is 1. The molecule has 2 bridgehead atoms. The number of methoxy groups -OCH3 is 4. The van der Waals surface area contributed by atoms with E-state index in [0.29, 0.717) is 23.4 Å². The third-order valence-electron chi connectivity index (χ3n) is 9.78. The van der Waals surface area contributed by atoms with Crippen molar-refractivity contribution in [2.75, 3.05) is 41.5 Å². The van der Waals surface area contributed by atoms with Crippen molar-refractivity contribution >= 4 is 17.4 Å². The fourth-order valence-electron chi connectivity index (χ4n) is 8.10. The standard InChI is InChI=1S/C34H35NO6/c1-21(24-9-6-7-11-27(24)39-3)31(36)35-19-29-33(22-13-15-23(38-2)16-14-22)18-17-26(34(29,20-35)32(37)41-5)30-25(33)10-8-12-28(30)40-4/h6-16,26,29H,1,17-20H2,2-5H3. The van der Waals surface area contributed by atoms with Gasteiger partial charge in [-0.15, -0.1) is 0 Å². The van der Waals surface area contributed by atoms with Crippen molar-refractivity contribution in [3.05, 3.63) is 95.6 Å². The Morgan fingerprint density at radius 2 is 1.59 bits per heavy atom. The minimum atomic E-state index is -0.953. The van der Waals surface area contributed by atoms with E-state index >= 15 is 0 Å². The summed E-state index contributed by atoms with van der Waals surface area (Å²) >= 11 is 0. The van der Waals surface area contributed by atoms with Crippen molar-refractivity contribution in [1.82, 2.24) is 4.90 Å². The van der Waals surface area contributed by atoms with Crippen LogP contribution in [0.15, 0.2) is 73.3 Å². The number of ether oxygens (including phenoxy) is 4. The smallest absolute Gasteiger partial charge is 0.314 e. The van der Waals surface area contributed by atoms with Crippen LogP contribution in [0, 0.1) is 11.3 Å². The molecule has 1 aliphatic heterocycles. The van der Waals surface area contributed by atoms with E-state index in [-0.39, 0.29) is 30.3 Å². The van der Waals surface area contributed by atoms with E-state index in [1.807, 2.05) is 48.5 Å². The third-order valence-corrected chi connectivity index (χ3v) is 9.78. The summed E-state index contributed by atoms with van der Waals surface area (Å²) < 4.78 is 22.5. The molecule has 7 rings (SSSR count). The van der Waals surface area contributed by atoms with Gasteiger partial charge < -0.3 is 23.8 Å². The van der Waals surface area contributed by atoms with Crippen LogP contribution in [0.4, 0.5) is 0 Å². The molecule has 4 unspecified atom stereocenters. The average Bonchev–Trinajstić information content (AvgIpc) is 3.47. The fraction of sp³-hybridized carbons (Fsp3) is 0.353. The number of para-hydroxylation sites is 1. The van der Waals surface area contributed by atoms with Crippen molar-refractivity contribution in [2.45, 2.75) is 24.2 Å². The zero-order valence-electron chi connectivity index (χ0n) is 23.9. The minimum Gasteiger partial charge on any atom is -0.497 e. The molecule has 4 atom stereocenters. The lowest BCUT2D eigenvalue weighted by atomic mass is 9.42. The zero-order valence-corrected chi connectivity index (χ0v) is 23.9. The number of hydrogen-bond acceptors (Lipinski definition) is 6. The van der Waals surface area contributed by atoms with E-state index in [1.54, 1.807) is 26.2 Å². The first-order valence-electron chi connectivity index (χ1n) is 13.9. The van der Waals surface area contributed by atoms with Crippen molar-refractivity contribution in [3.8, 4) is 17.2 Å². The Kier molecular flexibility index (Phi) is 6.56. The average molecular weight is 554 g/mol. The monoisotopic (exact) mass is 553 g/mol. The van der Waals surface area contributed by atoms with Crippen LogP contribution in [0.2, 0.25) is 0 Å². The maximum Gasteiger partial charge on any atom is 0.314 e. The number of fused-ring (bicyclic) bond motifs is 1. The molecule has 1 saturated heterocycles. The minimum absolute atomic E-state index is 0.163. The van der Waals surface area contributed by atoms with Crippen LogP contribution in [-0.4, -0.2) is 58.3 Å². The van der Waals surface area contributed by atoms with Gasteiger partial charge in [0.25, 0.3) is 5.91 Å². The highest BCUT2D eigenvalue weighted by molar-refractivity contribution is 6.19. The maximum absolute atomic E-state index is 14.1. The van der Waals surface area contributed by atoms with Gasteiger partial charge >= 0.3 is 5.97 Å². The summed E-state index contributed by atoms with van der Waals surface area (Å²) in [6, 6.07) is 21.6. The third kappa shape index (κ3) is 3.64. The van der Waals surface area contributed by atoms with Crippen LogP contribution >= 0.6 is 0 Å². The Morgan fingerprint density at radius 1 is 0.878 bits per heavy atom. The van der Waals surface area contributed by atoms with E-state index in [2.05, 4.69) is 24.8 Å². The highest BCUT2D eigenvalue weighted by atomic mass is 16.5. The van der Waals surface area contributed by atoms with Crippen LogP contribution in [-0.2, 0) is 19.7 Å². The van der Waals surface area contributed by atoms with Gasteiger partial charge in [-0.05, 0) is 48.2 Å². The summed E-state index contributed by atoms with van der Waals surface area (Å²) in [6.45, 7) is 4.80. The van der Waals surface area contributed by atoms with E-state index in [1.165, 1.54) is 7.11 Å². The Morgan fingerprint density at radius 3 is 2.27 bits per heavy atom. The number of nitrogens with zero attached hydrogens (tertiary/aromatic N) is 1. The number of benzene rings is 3. The molecule has 1 heterocycles. The molecule has 3 aromatic rings. The first-order chi connectivity index (χ1) is 19.9. The molecule has 7 heteroatoms. The Labute approximate surface area is 240 Å². The second-order valence-corrected chi connectivity index (χ2v) is 11.2. The predicted octanol–water partition coefficient (Wildman–Crippen LogP) is 5.22. The van der Waals surface area contributed by atoms with Crippen molar-refractivity contribution in [1.29, 1.82) is 0 Å². The number of hydrogen-bond donors (Lipinski definition) is 0. The molecule has 2 fully saturated rings. The molecule has 0 N–H and O–H groups in total. The fourth-order valence-corrected chi connectivity index (χ4v) is 8.10. The van der Waals surface area contributed by atoms with Crippen molar-refractivity contribution in [2.24, 2.45) is 11.3 Å². The summed E-state index contributed by atoms with van der Waals surface area (Å²) in [5.74, 6) is 1.21. The highest BCUT2D eigenvalue weighted by Gasteiger charge is 2.71. The van der Waals surface area contributed by atoms with E-state index in [4.69, 9.17) is 18.9 Å². The van der Waals surface area contributed by atoms with Gasteiger partial charge in [-0.25, -0.2) is 0 Å². The lowest BCUT2D eigenvalue weighted by Crippen LogP contribution is -2.60.